The lowest BCUT2D eigenvalue weighted by Gasteiger charge is -2.38. The van der Waals surface area contributed by atoms with Gasteiger partial charge < -0.3 is 19.5 Å². The van der Waals surface area contributed by atoms with Gasteiger partial charge in [0.25, 0.3) is 0 Å². The van der Waals surface area contributed by atoms with Gasteiger partial charge in [0.15, 0.2) is 5.78 Å². The molecule has 4 rings (SSSR count). The van der Waals surface area contributed by atoms with Crippen LogP contribution in [0.1, 0.15) is 45.1 Å². The molecule has 2 aliphatic rings. The number of Topliss-reactive ketones (excluding diaryl/α,β-unsaturated/α-hetero) is 1. The molecule has 0 radical (unpaired) electrons. The van der Waals surface area contributed by atoms with Crippen molar-refractivity contribution in [2.45, 2.75) is 39.5 Å². The number of dihydropyridines is 1. The second-order valence-electron chi connectivity index (χ2n) is 9.16. The molecule has 0 fully saturated rings. The van der Waals surface area contributed by atoms with Gasteiger partial charge in [-0.05, 0) is 55.5 Å². The second kappa shape index (κ2) is 10.8. The van der Waals surface area contributed by atoms with E-state index in [1.165, 1.54) is 7.11 Å². The number of ketones is 1. The summed E-state index contributed by atoms with van der Waals surface area (Å²) in [5, 5.41) is 3.27. The minimum atomic E-state index is -0.937. The Morgan fingerprint density at radius 2 is 1.78 bits per heavy atom. The van der Waals surface area contributed by atoms with Crippen molar-refractivity contribution < 1.29 is 28.6 Å². The van der Waals surface area contributed by atoms with Crippen molar-refractivity contribution in [3.05, 3.63) is 82.7 Å². The summed E-state index contributed by atoms with van der Waals surface area (Å²) >= 11 is 0. The van der Waals surface area contributed by atoms with E-state index in [0.29, 0.717) is 46.7 Å². The van der Waals surface area contributed by atoms with Crippen molar-refractivity contribution in [1.29, 1.82) is 0 Å². The van der Waals surface area contributed by atoms with Gasteiger partial charge in [-0.15, -0.1) is 0 Å². The van der Waals surface area contributed by atoms with Crippen molar-refractivity contribution in [1.82, 2.24) is 5.32 Å². The van der Waals surface area contributed by atoms with Gasteiger partial charge in [-0.1, -0.05) is 44.2 Å². The molecule has 3 atom stereocenters. The number of methoxy groups -OCH3 is 1. The third-order valence-corrected chi connectivity index (χ3v) is 6.57. The first kappa shape index (κ1) is 25.2. The molecule has 188 valence electrons. The van der Waals surface area contributed by atoms with Gasteiger partial charge in [0.2, 0.25) is 0 Å². The average molecular weight is 490 g/mol. The van der Waals surface area contributed by atoms with Crippen LogP contribution in [0.2, 0.25) is 0 Å². The Balaban J connectivity index is 1.82. The zero-order chi connectivity index (χ0) is 25.8. The van der Waals surface area contributed by atoms with Crippen molar-refractivity contribution in [2.24, 2.45) is 11.8 Å². The highest BCUT2D eigenvalue weighted by Gasteiger charge is 2.47. The number of carbonyl (C=O) groups is 3. The van der Waals surface area contributed by atoms with Gasteiger partial charge in [0, 0.05) is 22.9 Å². The van der Waals surface area contributed by atoms with Crippen LogP contribution in [-0.4, -0.2) is 31.4 Å². The summed E-state index contributed by atoms with van der Waals surface area (Å²) in [6, 6.07) is 16.7. The van der Waals surface area contributed by atoms with Crippen molar-refractivity contribution in [3.63, 3.8) is 0 Å². The first-order valence-electron chi connectivity index (χ1n) is 12.2. The molecule has 0 unspecified atom stereocenters. The quantitative estimate of drug-likeness (QED) is 0.430. The number of hydrogen-bond acceptors (Lipinski definition) is 7. The Morgan fingerprint density at radius 1 is 1.06 bits per heavy atom. The van der Waals surface area contributed by atoms with Crippen LogP contribution < -0.4 is 10.1 Å². The summed E-state index contributed by atoms with van der Waals surface area (Å²) in [5.74, 6) is -2.05. The maximum absolute atomic E-state index is 13.8. The number of hydrogen-bond donors (Lipinski definition) is 1. The third-order valence-electron chi connectivity index (χ3n) is 6.57. The topological polar surface area (TPSA) is 90.9 Å². The summed E-state index contributed by atoms with van der Waals surface area (Å²) in [6.07, 6.45) is 1.15. The Bertz CT molecular complexity index is 1230. The van der Waals surface area contributed by atoms with Gasteiger partial charge in [-0.25, -0.2) is 4.79 Å². The van der Waals surface area contributed by atoms with Gasteiger partial charge in [-0.2, -0.15) is 0 Å². The maximum Gasteiger partial charge on any atom is 0.336 e. The molecule has 0 bridgehead atoms. The lowest BCUT2D eigenvalue weighted by molar-refractivity contribution is -0.151. The van der Waals surface area contributed by atoms with Gasteiger partial charge in [0.05, 0.1) is 19.3 Å². The molecule has 2 aromatic rings. The lowest BCUT2D eigenvalue weighted by atomic mass is 9.69. The first-order chi connectivity index (χ1) is 17.3. The molecule has 7 heteroatoms. The molecule has 1 aliphatic carbocycles. The Kier molecular flexibility index (Phi) is 7.58. The zero-order valence-electron chi connectivity index (χ0n) is 21.0. The number of nitrogens with one attached hydrogen (secondary N) is 1. The number of esters is 2. The first-order valence-corrected chi connectivity index (χ1v) is 12.2. The monoisotopic (exact) mass is 489 g/mol. The molecule has 7 nitrogen and oxygen atoms in total. The summed E-state index contributed by atoms with van der Waals surface area (Å²) in [4.78, 5) is 39.7. The van der Waals surface area contributed by atoms with Gasteiger partial charge in [0.1, 0.15) is 17.4 Å². The average Bonchev–Trinajstić information content (AvgIpc) is 2.87. The summed E-state index contributed by atoms with van der Waals surface area (Å²) < 4.78 is 16.5. The van der Waals surface area contributed by atoms with Crippen LogP contribution in [0.4, 0.5) is 0 Å². The summed E-state index contributed by atoms with van der Waals surface area (Å²) in [6.45, 7) is 5.86. The van der Waals surface area contributed by atoms with Crippen LogP contribution in [0.15, 0.2) is 77.1 Å². The fraction of sp³-hybridized carbons (Fsp3) is 0.345. The second-order valence-corrected chi connectivity index (χ2v) is 9.16. The molecule has 0 saturated carbocycles. The van der Waals surface area contributed by atoms with E-state index < -0.39 is 23.8 Å². The molecule has 0 amide bonds. The van der Waals surface area contributed by atoms with E-state index >= 15 is 0 Å². The Morgan fingerprint density at radius 3 is 2.47 bits per heavy atom. The van der Waals surface area contributed by atoms with E-state index in [2.05, 4.69) is 5.32 Å². The molecule has 2 aromatic carbocycles. The van der Waals surface area contributed by atoms with Gasteiger partial charge >= 0.3 is 11.9 Å². The van der Waals surface area contributed by atoms with E-state index in [-0.39, 0.29) is 18.3 Å². The molecule has 1 N–H and O–H groups in total. The van der Waals surface area contributed by atoms with Crippen LogP contribution in [-0.2, 0) is 23.9 Å². The smallest absolute Gasteiger partial charge is 0.336 e. The van der Waals surface area contributed by atoms with Gasteiger partial charge in [-0.3, -0.25) is 9.59 Å². The molecule has 1 aliphatic heterocycles. The minimum absolute atomic E-state index is 0.244. The maximum atomic E-state index is 13.8. The van der Waals surface area contributed by atoms with Crippen molar-refractivity contribution >= 4 is 17.7 Å². The Labute approximate surface area is 211 Å². The summed E-state index contributed by atoms with van der Waals surface area (Å²) in [7, 11) is 1.28. The third kappa shape index (κ3) is 4.91. The summed E-state index contributed by atoms with van der Waals surface area (Å²) in [5.41, 5.74) is 2.80. The number of allylic oxidation sites excluding steroid dienone is 3. The molecule has 36 heavy (non-hydrogen) atoms. The lowest BCUT2D eigenvalue weighted by Crippen LogP contribution is -2.43. The highest BCUT2D eigenvalue weighted by molar-refractivity contribution is 6.12. The number of carbonyl (C=O) groups excluding carboxylic acids is 3. The SMILES string of the molecule is CCCOC(=O)C1=C(C)NC2=C(C(=O)[C@H](C(=O)OC)[C@H](C)C2)[C@@H]1c1cccc(Oc2ccccc2)c1. The predicted octanol–water partition coefficient (Wildman–Crippen LogP) is 5.05. The van der Waals surface area contributed by atoms with Crippen LogP contribution in [0.3, 0.4) is 0 Å². The molecule has 0 spiro atoms. The largest absolute Gasteiger partial charge is 0.468 e. The fourth-order valence-electron chi connectivity index (χ4n) is 4.94. The van der Waals surface area contributed by atoms with Crippen LogP contribution in [0.25, 0.3) is 0 Å². The fourth-order valence-corrected chi connectivity index (χ4v) is 4.94. The van der Waals surface area contributed by atoms with Crippen LogP contribution in [0.5, 0.6) is 11.5 Å². The highest BCUT2D eigenvalue weighted by atomic mass is 16.5. The molecule has 0 aromatic heterocycles. The highest BCUT2D eigenvalue weighted by Crippen LogP contribution is 2.46. The van der Waals surface area contributed by atoms with Crippen molar-refractivity contribution in [3.8, 4) is 11.5 Å². The van der Waals surface area contributed by atoms with E-state index in [1.807, 2.05) is 75.4 Å². The van der Waals surface area contributed by atoms with Crippen LogP contribution >= 0.6 is 0 Å². The molecule has 0 saturated heterocycles. The number of benzene rings is 2. The number of para-hydroxylation sites is 1. The van der Waals surface area contributed by atoms with Crippen molar-refractivity contribution in [2.75, 3.05) is 13.7 Å². The Hall–Kier alpha value is -3.87. The van der Waals surface area contributed by atoms with E-state index in [4.69, 9.17) is 14.2 Å². The van der Waals surface area contributed by atoms with E-state index in [0.717, 1.165) is 5.70 Å². The van der Waals surface area contributed by atoms with E-state index in [9.17, 15) is 14.4 Å². The van der Waals surface area contributed by atoms with Crippen LogP contribution in [0, 0.1) is 11.8 Å². The predicted molar refractivity (Wildman–Crippen MR) is 134 cm³/mol. The number of rotatable bonds is 7. The zero-order valence-corrected chi connectivity index (χ0v) is 21.0. The molecular formula is C29H31NO6. The molecule has 1 heterocycles. The standard InChI is InChI=1S/C29H31NO6/c1-5-14-35-29(33)24-18(3)30-22-15-17(2)23(28(32)34-4)27(31)26(22)25(24)19-10-9-13-21(16-19)36-20-11-7-6-8-12-20/h6-13,16-17,23,25,30H,5,14-15H2,1-4H3/t17-,23-,25-/m1/s1. The minimum Gasteiger partial charge on any atom is -0.468 e. The van der Waals surface area contributed by atoms with E-state index in [1.54, 1.807) is 0 Å². The number of ether oxygens (including phenoxy) is 3. The normalized spacial score (nSPS) is 21.4. The molecular weight excluding hydrogens is 458 g/mol.